The van der Waals surface area contributed by atoms with Crippen molar-refractivity contribution in [1.82, 2.24) is 4.98 Å². The van der Waals surface area contributed by atoms with Crippen molar-refractivity contribution >= 4 is 32.6 Å². The summed E-state index contributed by atoms with van der Waals surface area (Å²) in [7, 11) is 0. The highest BCUT2D eigenvalue weighted by Crippen LogP contribution is 2.30. The maximum absolute atomic E-state index is 12.9. The highest BCUT2D eigenvalue weighted by Gasteiger charge is 2.26. The highest BCUT2D eigenvalue weighted by molar-refractivity contribution is 7.22. The molecule has 4 rings (SSSR count). The van der Waals surface area contributed by atoms with Crippen LogP contribution in [0.1, 0.15) is 25.0 Å². The molecular weight excluding hydrogens is 336 g/mol. The minimum atomic E-state index is 0.0611. The lowest BCUT2D eigenvalue weighted by molar-refractivity contribution is -0.119. The molecule has 2 aromatic heterocycles. The zero-order valence-corrected chi connectivity index (χ0v) is 14.7. The lowest BCUT2D eigenvalue weighted by Gasteiger charge is -2.23. The molecule has 1 aliphatic rings. The molecule has 0 radical (unpaired) electrons. The van der Waals surface area contributed by atoms with Crippen molar-refractivity contribution in [1.29, 1.82) is 0 Å². The summed E-state index contributed by atoms with van der Waals surface area (Å²) in [4.78, 5) is 19.4. The molecule has 3 heterocycles. The third-order valence-corrected chi connectivity index (χ3v) is 5.45. The van der Waals surface area contributed by atoms with Crippen LogP contribution in [0.4, 0.5) is 5.13 Å². The van der Waals surface area contributed by atoms with Gasteiger partial charge in [-0.1, -0.05) is 23.5 Å². The van der Waals surface area contributed by atoms with Gasteiger partial charge in [-0.3, -0.25) is 9.69 Å². The van der Waals surface area contributed by atoms with Crippen molar-refractivity contribution in [3.63, 3.8) is 0 Å². The number of anilines is 1. The number of hydrogen-bond acceptors (Lipinski definition) is 5. The van der Waals surface area contributed by atoms with E-state index in [9.17, 15) is 4.79 Å². The van der Waals surface area contributed by atoms with Crippen LogP contribution >= 0.6 is 11.3 Å². The SMILES string of the molecule is O=C(CCc1ccco1)N(CC1CCCO1)c1nc2ccccc2s1. The maximum atomic E-state index is 12.9. The Kier molecular flexibility index (Phi) is 4.81. The number of aryl methyl sites for hydroxylation is 1. The third-order valence-electron chi connectivity index (χ3n) is 4.39. The molecule has 1 aromatic carbocycles. The Hall–Kier alpha value is -2.18. The van der Waals surface area contributed by atoms with Crippen LogP contribution in [-0.4, -0.2) is 30.1 Å². The van der Waals surface area contributed by atoms with Crippen LogP contribution in [0.15, 0.2) is 47.1 Å². The van der Waals surface area contributed by atoms with Gasteiger partial charge in [0.2, 0.25) is 5.91 Å². The number of nitrogens with zero attached hydrogens (tertiary/aromatic N) is 2. The number of benzene rings is 1. The maximum Gasteiger partial charge on any atom is 0.229 e. The first-order chi connectivity index (χ1) is 12.3. The van der Waals surface area contributed by atoms with Gasteiger partial charge in [-0.05, 0) is 37.1 Å². The van der Waals surface area contributed by atoms with Gasteiger partial charge >= 0.3 is 0 Å². The van der Waals surface area contributed by atoms with E-state index in [0.717, 1.165) is 40.6 Å². The average Bonchev–Trinajstić information content (AvgIpc) is 3.38. The van der Waals surface area contributed by atoms with E-state index in [0.29, 0.717) is 19.4 Å². The number of fused-ring (bicyclic) bond motifs is 1. The largest absolute Gasteiger partial charge is 0.469 e. The fourth-order valence-corrected chi connectivity index (χ4v) is 4.07. The second kappa shape index (κ2) is 7.37. The summed E-state index contributed by atoms with van der Waals surface area (Å²) in [5.74, 6) is 0.890. The average molecular weight is 356 g/mol. The molecule has 1 fully saturated rings. The minimum Gasteiger partial charge on any atom is -0.469 e. The van der Waals surface area contributed by atoms with Crippen molar-refractivity contribution in [2.45, 2.75) is 31.8 Å². The Morgan fingerprint density at radius 3 is 2.96 bits per heavy atom. The molecule has 0 N–H and O–H groups in total. The number of carbonyl (C=O) groups excluding carboxylic acids is 1. The summed E-state index contributed by atoms with van der Waals surface area (Å²) in [5, 5.41) is 0.751. The molecule has 3 aromatic rings. The van der Waals surface area contributed by atoms with E-state index in [2.05, 4.69) is 4.98 Å². The molecule has 0 saturated carbocycles. The first-order valence-electron chi connectivity index (χ1n) is 8.59. The van der Waals surface area contributed by atoms with Gasteiger partial charge in [-0.15, -0.1) is 0 Å². The van der Waals surface area contributed by atoms with Crippen LogP contribution < -0.4 is 4.90 Å². The van der Waals surface area contributed by atoms with Gasteiger partial charge in [-0.25, -0.2) is 4.98 Å². The van der Waals surface area contributed by atoms with E-state index in [4.69, 9.17) is 9.15 Å². The number of aromatic nitrogens is 1. The first-order valence-corrected chi connectivity index (χ1v) is 9.41. The molecule has 25 heavy (non-hydrogen) atoms. The molecule has 130 valence electrons. The number of hydrogen-bond donors (Lipinski definition) is 0. The van der Waals surface area contributed by atoms with Crippen LogP contribution in [0.5, 0.6) is 0 Å². The van der Waals surface area contributed by atoms with Crippen LogP contribution in [-0.2, 0) is 16.0 Å². The number of carbonyl (C=O) groups is 1. The Labute approximate surface area is 150 Å². The molecule has 0 spiro atoms. The van der Waals surface area contributed by atoms with Crippen molar-refractivity contribution < 1.29 is 13.9 Å². The van der Waals surface area contributed by atoms with Crippen LogP contribution in [0.3, 0.4) is 0 Å². The second-order valence-electron chi connectivity index (χ2n) is 6.18. The monoisotopic (exact) mass is 356 g/mol. The van der Waals surface area contributed by atoms with Crippen molar-refractivity contribution in [3.05, 3.63) is 48.4 Å². The molecule has 0 aliphatic carbocycles. The molecule has 1 aliphatic heterocycles. The highest BCUT2D eigenvalue weighted by atomic mass is 32.1. The fourth-order valence-electron chi connectivity index (χ4n) is 3.07. The fraction of sp³-hybridized carbons (Fsp3) is 0.368. The topological polar surface area (TPSA) is 55.6 Å². The van der Waals surface area contributed by atoms with Gasteiger partial charge < -0.3 is 9.15 Å². The van der Waals surface area contributed by atoms with Crippen molar-refractivity contribution in [2.24, 2.45) is 0 Å². The minimum absolute atomic E-state index is 0.0611. The molecule has 1 saturated heterocycles. The zero-order valence-electron chi connectivity index (χ0n) is 13.9. The summed E-state index contributed by atoms with van der Waals surface area (Å²) in [6.45, 7) is 1.34. The van der Waals surface area contributed by atoms with E-state index in [-0.39, 0.29) is 12.0 Å². The Balaban J connectivity index is 1.55. The van der Waals surface area contributed by atoms with Gasteiger partial charge in [0.25, 0.3) is 0 Å². The number of ether oxygens (including phenoxy) is 1. The second-order valence-corrected chi connectivity index (χ2v) is 7.19. The molecule has 1 unspecified atom stereocenters. The molecule has 1 atom stereocenters. The number of furan rings is 1. The number of amides is 1. The Morgan fingerprint density at radius 1 is 1.28 bits per heavy atom. The van der Waals surface area contributed by atoms with Gasteiger partial charge in [-0.2, -0.15) is 0 Å². The Morgan fingerprint density at radius 2 is 2.20 bits per heavy atom. The van der Waals surface area contributed by atoms with Crippen LogP contribution in [0.2, 0.25) is 0 Å². The summed E-state index contributed by atoms with van der Waals surface area (Å²) in [6, 6.07) is 11.7. The van der Waals surface area contributed by atoms with Gasteiger partial charge in [0.05, 0.1) is 29.1 Å². The Bertz CT molecular complexity index is 804. The summed E-state index contributed by atoms with van der Waals surface area (Å²) in [5.41, 5.74) is 0.929. The van der Waals surface area contributed by atoms with Gasteiger partial charge in [0.15, 0.2) is 5.13 Å². The van der Waals surface area contributed by atoms with Gasteiger partial charge in [0, 0.05) is 19.4 Å². The standard InChI is InChI=1S/C19H20N2O3S/c22-18(10-9-14-5-3-11-23-14)21(13-15-6-4-12-24-15)19-20-16-7-1-2-8-17(16)25-19/h1-3,5,7-8,11,15H,4,6,9-10,12-13H2. The van der Waals surface area contributed by atoms with E-state index >= 15 is 0 Å². The van der Waals surface area contributed by atoms with E-state index < -0.39 is 0 Å². The normalized spacial score (nSPS) is 17.2. The number of thiazole rings is 1. The smallest absolute Gasteiger partial charge is 0.229 e. The van der Waals surface area contributed by atoms with Crippen LogP contribution in [0.25, 0.3) is 10.2 Å². The molecule has 6 heteroatoms. The van der Waals surface area contributed by atoms with Crippen molar-refractivity contribution in [2.75, 3.05) is 18.1 Å². The van der Waals surface area contributed by atoms with E-state index in [1.54, 1.807) is 22.5 Å². The lowest BCUT2D eigenvalue weighted by atomic mass is 10.2. The molecule has 0 bridgehead atoms. The van der Waals surface area contributed by atoms with Gasteiger partial charge in [0.1, 0.15) is 5.76 Å². The van der Waals surface area contributed by atoms with Crippen molar-refractivity contribution in [3.8, 4) is 0 Å². The quantitative estimate of drug-likeness (QED) is 0.669. The van der Waals surface area contributed by atoms with Crippen LogP contribution in [0, 0.1) is 0 Å². The predicted octanol–water partition coefficient (Wildman–Crippen LogP) is 4.03. The first kappa shape index (κ1) is 16.3. The van der Waals surface area contributed by atoms with E-state index in [1.807, 2.05) is 36.4 Å². The number of para-hydroxylation sites is 1. The molecule has 5 nitrogen and oxygen atoms in total. The third kappa shape index (κ3) is 3.75. The predicted molar refractivity (Wildman–Crippen MR) is 98.0 cm³/mol. The van der Waals surface area contributed by atoms with E-state index in [1.165, 1.54) is 0 Å². The summed E-state index contributed by atoms with van der Waals surface area (Å²) in [6.07, 6.45) is 4.78. The summed E-state index contributed by atoms with van der Waals surface area (Å²) >= 11 is 1.56. The molecule has 1 amide bonds. The lowest BCUT2D eigenvalue weighted by Crippen LogP contribution is -2.37. The number of rotatable bonds is 6. The summed E-state index contributed by atoms with van der Waals surface area (Å²) < 4.78 is 12.2. The molecular formula is C19H20N2O3S. The zero-order chi connectivity index (χ0) is 17.1.